The third kappa shape index (κ3) is 3.49. The number of para-hydroxylation sites is 1. The van der Waals surface area contributed by atoms with Gasteiger partial charge in [0.2, 0.25) is 0 Å². The summed E-state index contributed by atoms with van der Waals surface area (Å²) >= 11 is 0. The van der Waals surface area contributed by atoms with Crippen LogP contribution in [0.15, 0.2) is 84.4 Å². The molecule has 0 saturated heterocycles. The lowest BCUT2D eigenvalue weighted by Crippen LogP contribution is -2.23. The van der Waals surface area contributed by atoms with Gasteiger partial charge < -0.3 is 4.90 Å². The minimum absolute atomic E-state index is 0. The first-order chi connectivity index (χ1) is 13.7. The second-order valence-electron chi connectivity index (χ2n) is 7.48. The second-order valence-corrected chi connectivity index (χ2v) is 7.48. The number of aryl methyl sites for hydroxylation is 1. The van der Waals surface area contributed by atoms with E-state index in [4.69, 9.17) is 4.98 Å². The minimum atomic E-state index is 0. The van der Waals surface area contributed by atoms with E-state index in [1.54, 1.807) is 0 Å². The van der Waals surface area contributed by atoms with E-state index in [9.17, 15) is 0 Å². The molecule has 1 aliphatic heterocycles. The molecule has 1 aromatic heterocycles. The molecule has 0 fully saturated rings. The standard InChI is InChI=1S/C26H22N2.Al/c1-18-15-24-25(28(17-18)21-11-7-4-8-12-21)14-13-22-23(16-19(2)27-26(22)24)20-9-5-3-6-10-20;/h3-16H,17H2,1-2H3;. The number of pyridine rings is 1. The Morgan fingerprint density at radius 3 is 2.24 bits per heavy atom. The molecule has 3 heteroatoms. The van der Waals surface area contributed by atoms with E-state index in [2.05, 4.69) is 104 Å². The van der Waals surface area contributed by atoms with Gasteiger partial charge in [-0.3, -0.25) is 4.98 Å². The molecule has 1 aliphatic rings. The van der Waals surface area contributed by atoms with Crippen LogP contribution < -0.4 is 4.90 Å². The monoisotopic (exact) mass is 389 g/mol. The minimum Gasteiger partial charge on any atom is -0.337 e. The number of hydrogen-bond acceptors (Lipinski definition) is 2. The van der Waals surface area contributed by atoms with Crippen LogP contribution in [0.4, 0.5) is 11.4 Å². The van der Waals surface area contributed by atoms with Crippen molar-refractivity contribution < 1.29 is 0 Å². The second kappa shape index (κ2) is 7.87. The molecule has 4 aromatic rings. The highest BCUT2D eigenvalue weighted by Crippen LogP contribution is 2.40. The maximum absolute atomic E-state index is 4.97. The topological polar surface area (TPSA) is 16.1 Å². The summed E-state index contributed by atoms with van der Waals surface area (Å²) in [4.78, 5) is 7.35. The molecule has 0 bridgehead atoms. The highest BCUT2D eigenvalue weighted by atomic mass is 27.0. The van der Waals surface area contributed by atoms with Gasteiger partial charge in [-0.05, 0) is 55.3 Å². The number of anilines is 2. The smallest absolute Gasteiger partial charge is 0.0804 e. The first-order valence-corrected chi connectivity index (χ1v) is 9.70. The SMILES string of the molecule is CC1=Cc2c(ccc3c(-c4ccccc4)cc(C)nc23)N(c2ccccc2)C1.[Al]. The molecule has 5 rings (SSSR count). The Labute approximate surface area is 182 Å². The maximum atomic E-state index is 4.97. The van der Waals surface area contributed by atoms with Crippen molar-refractivity contribution in [1.29, 1.82) is 0 Å². The van der Waals surface area contributed by atoms with Gasteiger partial charge in [0.1, 0.15) is 0 Å². The summed E-state index contributed by atoms with van der Waals surface area (Å²) in [5.41, 5.74) is 9.59. The quantitative estimate of drug-likeness (QED) is 0.370. The van der Waals surface area contributed by atoms with Crippen LogP contribution in [0.2, 0.25) is 0 Å². The molecule has 2 heterocycles. The van der Waals surface area contributed by atoms with Crippen molar-refractivity contribution in [3.8, 4) is 11.1 Å². The lowest BCUT2D eigenvalue weighted by atomic mass is 9.94. The Bertz CT molecular complexity index is 1200. The van der Waals surface area contributed by atoms with Crippen molar-refractivity contribution in [3.05, 3.63) is 95.7 Å². The van der Waals surface area contributed by atoms with Gasteiger partial charge in [0, 0.05) is 46.2 Å². The summed E-state index contributed by atoms with van der Waals surface area (Å²) < 4.78 is 0. The third-order valence-electron chi connectivity index (χ3n) is 5.37. The fourth-order valence-corrected chi connectivity index (χ4v) is 4.13. The number of fused-ring (bicyclic) bond motifs is 3. The van der Waals surface area contributed by atoms with Gasteiger partial charge in [-0.2, -0.15) is 0 Å². The highest BCUT2D eigenvalue weighted by molar-refractivity contribution is 6.03. The normalized spacial score (nSPS) is 12.9. The zero-order valence-electron chi connectivity index (χ0n) is 16.8. The first kappa shape index (κ1) is 19.5. The zero-order valence-corrected chi connectivity index (χ0v) is 17.9. The van der Waals surface area contributed by atoms with Gasteiger partial charge >= 0.3 is 0 Å². The molecule has 2 nitrogen and oxygen atoms in total. The summed E-state index contributed by atoms with van der Waals surface area (Å²) in [6, 6.07) is 27.9. The van der Waals surface area contributed by atoms with Crippen LogP contribution in [-0.2, 0) is 0 Å². The van der Waals surface area contributed by atoms with Gasteiger partial charge in [-0.25, -0.2) is 0 Å². The largest absolute Gasteiger partial charge is 0.337 e. The van der Waals surface area contributed by atoms with E-state index in [0.717, 1.165) is 17.8 Å². The van der Waals surface area contributed by atoms with Crippen molar-refractivity contribution in [3.63, 3.8) is 0 Å². The van der Waals surface area contributed by atoms with Crippen LogP contribution in [0.3, 0.4) is 0 Å². The lowest BCUT2D eigenvalue weighted by molar-refractivity contribution is 1.03. The Morgan fingerprint density at radius 2 is 1.52 bits per heavy atom. The fourth-order valence-electron chi connectivity index (χ4n) is 4.13. The highest BCUT2D eigenvalue weighted by Gasteiger charge is 2.21. The molecule has 0 N–H and O–H groups in total. The van der Waals surface area contributed by atoms with Crippen LogP contribution in [0, 0.1) is 6.92 Å². The molecule has 0 atom stereocenters. The van der Waals surface area contributed by atoms with Crippen LogP contribution >= 0.6 is 0 Å². The first-order valence-electron chi connectivity index (χ1n) is 9.70. The van der Waals surface area contributed by atoms with Crippen molar-refractivity contribution in [1.82, 2.24) is 4.98 Å². The fraction of sp³-hybridized carbons (Fsp3) is 0.115. The average Bonchev–Trinajstić information content (AvgIpc) is 2.74. The maximum Gasteiger partial charge on any atom is 0.0804 e. The van der Waals surface area contributed by atoms with Gasteiger partial charge in [-0.1, -0.05) is 60.2 Å². The molecule has 0 unspecified atom stereocenters. The molecule has 0 spiro atoms. The molecular weight excluding hydrogens is 367 g/mol. The van der Waals surface area contributed by atoms with E-state index in [0.29, 0.717) is 0 Å². The van der Waals surface area contributed by atoms with E-state index in [-0.39, 0.29) is 17.4 Å². The van der Waals surface area contributed by atoms with Gasteiger partial charge in [0.05, 0.1) is 11.2 Å². The Balaban J connectivity index is 0.00000205. The van der Waals surface area contributed by atoms with Crippen LogP contribution in [0.1, 0.15) is 18.2 Å². The lowest BCUT2D eigenvalue weighted by Gasteiger charge is -2.31. The van der Waals surface area contributed by atoms with E-state index in [1.165, 1.54) is 39.0 Å². The summed E-state index contributed by atoms with van der Waals surface area (Å²) in [6.07, 6.45) is 2.30. The third-order valence-corrected chi connectivity index (χ3v) is 5.37. The van der Waals surface area contributed by atoms with Crippen LogP contribution in [0.5, 0.6) is 0 Å². The van der Waals surface area contributed by atoms with Crippen LogP contribution in [-0.4, -0.2) is 28.9 Å². The zero-order chi connectivity index (χ0) is 19.1. The molecule has 3 aromatic carbocycles. The summed E-state index contributed by atoms with van der Waals surface area (Å²) in [5, 5.41) is 1.20. The molecule has 139 valence electrons. The molecular formula is C26H22AlN2. The number of nitrogens with zero attached hydrogens (tertiary/aromatic N) is 2. The van der Waals surface area contributed by atoms with E-state index < -0.39 is 0 Å². The Kier molecular flexibility index (Phi) is 5.28. The Hall–Kier alpha value is -2.86. The number of aromatic nitrogens is 1. The van der Waals surface area contributed by atoms with Gasteiger partial charge in [-0.15, -0.1) is 0 Å². The predicted molar refractivity (Wildman–Crippen MR) is 125 cm³/mol. The van der Waals surface area contributed by atoms with Crippen molar-refractivity contribution in [2.24, 2.45) is 0 Å². The average molecular weight is 389 g/mol. The summed E-state index contributed by atoms with van der Waals surface area (Å²) in [7, 11) is 0. The van der Waals surface area contributed by atoms with Crippen LogP contribution in [0.25, 0.3) is 28.1 Å². The molecule has 0 saturated carbocycles. The molecule has 0 aliphatic carbocycles. The van der Waals surface area contributed by atoms with Gasteiger partial charge in [0.25, 0.3) is 0 Å². The summed E-state index contributed by atoms with van der Waals surface area (Å²) in [6.45, 7) is 5.19. The van der Waals surface area contributed by atoms with Crippen molar-refractivity contribution in [2.75, 3.05) is 11.4 Å². The van der Waals surface area contributed by atoms with Crippen molar-refractivity contribution >= 4 is 45.7 Å². The van der Waals surface area contributed by atoms with E-state index >= 15 is 0 Å². The number of benzene rings is 3. The number of hydrogen-bond donors (Lipinski definition) is 0. The van der Waals surface area contributed by atoms with Crippen molar-refractivity contribution in [2.45, 2.75) is 13.8 Å². The predicted octanol–water partition coefficient (Wildman–Crippen LogP) is 6.38. The molecule has 29 heavy (non-hydrogen) atoms. The molecule has 3 radical (unpaired) electrons. The summed E-state index contributed by atoms with van der Waals surface area (Å²) in [5.74, 6) is 0. The molecule has 0 amide bonds. The van der Waals surface area contributed by atoms with E-state index in [1.807, 2.05) is 0 Å². The number of rotatable bonds is 2. The Morgan fingerprint density at radius 1 is 0.828 bits per heavy atom. The van der Waals surface area contributed by atoms with Gasteiger partial charge in [0.15, 0.2) is 0 Å².